The molecule has 3 heterocycles. The van der Waals surface area contributed by atoms with Gasteiger partial charge in [0.15, 0.2) is 5.78 Å². The van der Waals surface area contributed by atoms with E-state index in [1.165, 1.54) is 17.1 Å². The van der Waals surface area contributed by atoms with Crippen LogP contribution in [-0.4, -0.2) is 182 Å². The van der Waals surface area contributed by atoms with E-state index in [1.807, 2.05) is 69.7 Å². The van der Waals surface area contributed by atoms with Crippen molar-refractivity contribution >= 4 is 52.9 Å². The Balaban J connectivity index is 0.960. The Kier molecular flexibility index (Phi) is 25.7. The van der Waals surface area contributed by atoms with Gasteiger partial charge in [0.25, 0.3) is 17.7 Å². The number of amides is 7. The maximum absolute atomic E-state index is 14.5. The van der Waals surface area contributed by atoms with Gasteiger partial charge in [-0.3, -0.25) is 57.8 Å². The van der Waals surface area contributed by atoms with Gasteiger partial charge in [0.2, 0.25) is 23.6 Å². The fourth-order valence-corrected chi connectivity index (χ4v) is 13.6. The van der Waals surface area contributed by atoms with Gasteiger partial charge >= 0.3 is 0 Å². The number of hydrogen-bond acceptors (Lipinski definition) is 13. The van der Waals surface area contributed by atoms with Crippen LogP contribution >= 0.6 is 0 Å². The standard InChI is InChI=1S/C65H101N7O12/c1-12-44(6)48(53(82-10)40-58(78)70-33-19-24-51(70)62(83-11)45(7)52(73)25-18-30-65(64(81)72-35-16-17-37-84-72)41-50(65)46-22-14-13-15-23-46)38-47-39-49(47)61(79)59(42(2)3)67-63(80)60(43(4)5)69(9)32-20-26-54(74)66-31-36-68(8)55(75)27-21-34-71-56(76)28-29-57(71)77/h13-15,22-23,28-29,42-45,47-51,53,59-60,62H,12,16-21,24-27,30-41H2,1-11H3,(H,66,74)(H,67,80). The SMILES string of the molecule is CCC(C)C(CC1CC1C(=O)C(NC(=O)C(C(C)C)N(C)CCCC(=O)NCCN(C)C(=O)CCCN1C(=O)C=CC1=O)C(C)C)C(CC(=O)N1CCCC1C(OC)C(C)C(=O)CCCC1(C(=O)N2CCCCO2)CC1c1ccccc1)OC. The number of hydroxylamine groups is 2. The lowest BCUT2D eigenvalue weighted by Gasteiger charge is -2.36. The minimum absolute atomic E-state index is 0.00257. The summed E-state index contributed by atoms with van der Waals surface area (Å²) in [5, 5.41) is 7.58. The van der Waals surface area contributed by atoms with Crippen LogP contribution in [0.5, 0.6) is 0 Å². The summed E-state index contributed by atoms with van der Waals surface area (Å²) in [6.07, 6.45) is 10.8. The van der Waals surface area contributed by atoms with E-state index in [2.05, 4.69) is 36.6 Å². The average molecular weight is 1170 g/mol. The number of ketones is 2. The largest absolute Gasteiger partial charge is 0.381 e. The molecule has 4 fully saturated rings. The summed E-state index contributed by atoms with van der Waals surface area (Å²) in [4.78, 5) is 132. The van der Waals surface area contributed by atoms with Crippen molar-refractivity contribution in [3.8, 4) is 0 Å². The Morgan fingerprint density at radius 3 is 2.18 bits per heavy atom. The molecule has 5 aliphatic rings. The van der Waals surface area contributed by atoms with E-state index in [1.54, 1.807) is 26.3 Å². The van der Waals surface area contributed by atoms with Crippen LogP contribution in [0.25, 0.3) is 0 Å². The van der Waals surface area contributed by atoms with Gasteiger partial charge in [-0.1, -0.05) is 85.2 Å². The summed E-state index contributed by atoms with van der Waals surface area (Å²) < 4.78 is 12.3. The second-order valence-electron chi connectivity index (χ2n) is 25.6. The second kappa shape index (κ2) is 31.9. The molecule has 1 aromatic carbocycles. The molecule has 6 rings (SSSR count). The first kappa shape index (κ1) is 67.8. The number of nitrogens with one attached hydrogen (secondary N) is 2. The number of likely N-dealkylation sites (tertiary alicyclic amines) is 1. The molecule has 2 N–H and O–H groups in total. The van der Waals surface area contributed by atoms with Crippen LogP contribution < -0.4 is 10.6 Å². The first-order valence-corrected chi connectivity index (χ1v) is 31.5. The van der Waals surface area contributed by atoms with Gasteiger partial charge in [-0.15, -0.1) is 0 Å². The van der Waals surface area contributed by atoms with E-state index < -0.39 is 35.6 Å². The van der Waals surface area contributed by atoms with Crippen molar-refractivity contribution in [2.75, 3.05) is 74.2 Å². The highest BCUT2D eigenvalue weighted by atomic mass is 16.7. The Labute approximate surface area is 500 Å². The van der Waals surface area contributed by atoms with Crippen molar-refractivity contribution in [2.45, 2.75) is 187 Å². The number of hydrogen-bond donors (Lipinski definition) is 2. The predicted molar refractivity (Wildman–Crippen MR) is 319 cm³/mol. The van der Waals surface area contributed by atoms with Gasteiger partial charge in [0, 0.05) is 97.2 Å². The number of carbonyl (C=O) groups excluding carboxylic acids is 9. The van der Waals surface area contributed by atoms with Crippen LogP contribution in [0.4, 0.5) is 0 Å². The molecule has 12 unspecified atom stereocenters. The van der Waals surface area contributed by atoms with E-state index in [0.717, 1.165) is 49.0 Å². The number of likely N-dealkylation sites (N-methyl/N-ethyl adjacent to an activating group) is 2. The number of nitrogens with zero attached hydrogens (tertiary/aromatic N) is 5. The van der Waals surface area contributed by atoms with Gasteiger partial charge in [-0.2, -0.15) is 0 Å². The first-order valence-electron chi connectivity index (χ1n) is 31.5. The molecule has 2 saturated carbocycles. The van der Waals surface area contributed by atoms with Gasteiger partial charge < -0.3 is 29.9 Å². The third kappa shape index (κ3) is 17.6. The van der Waals surface area contributed by atoms with Crippen LogP contribution in [0, 0.1) is 46.8 Å². The maximum atomic E-state index is 14.5. The molecule has 84 heavy (non-hydrogen) atoms. The van der Waals surface area contributed by atoms with Crippen LogP contribution in [0.3, 0.4) is 0 Å². The smallest absolute Gasteiger partial charge is 0.253 e. The third-order valence-electron chi connectivity index (χ3n) is 19.1. The summed E-state index contributed by atoms with van der Waals surface area (Å²) in [5.74, 6) is -1.80. The quantitative estimate of drug-likeness (QED) is 0.0653. The van der Waals surface area contributed by atoms with E-state index in [9.17, 15) is 43.2 Å². The molecule has 19 heteroatoms. The molecular weight excluding hydrogens is 1070 g/mol. The van der Waals surface area contributed by atoms with Gasteiger partial charge in [0.05, 0.1) is 48.8 Å². The number of benzene rings is 1. The van der Waals surface area contributed by atoms with Gasteiger partial charge in [-0.25, -0.2) is 5.06 Å². The zero-order valence-corrected chi connectivity index (χ0v) is 52.4. The molecule has 2 aliphatic carbocycles. The van der Waals surface area contributed by atoms with E-state index in [-0.39, 0.29) is 133 Å². The zero-order chi connectivity index (χ0) is 61.4. The lowest BCUT2D eigenvalue weighted by Crippen LogP contribution is -2.54. The Morgan fingerprint density at radius 2 is 1.55 bits per heavy atom. The molecule has 12 atom stereocenters. The average Bonchev–Trinajstić information content (AvgIpc) is 2.15. The molecule has 1 aromatic rings. The molecule has 7 amide bonds. The molecule has 468 valence electrons. The van der Waals surface area contributed by atoms with Crippen molar-refractivity contribution in [2.24, 2.45) is 46.8 Å². The van der Waals surface area contributed by atoms with Crippen molar-refractivity contribution in [3.05, 3.63) is 48.0 Å². The van der Waals surface area contributed by atoms with Crippen LogP contribution in [0.2, 0.25) is 0 Å². The van der Waals surface area contributed by atoms with E-state index in [4.69, 9.17) is 14.3 Å². The summed E-state index contributed by atoms with van der Waals surface area (Å²) in [6.45, 7) is 17.0. The molecule has 0 bridgehead atoms. The number of imide groups is 1. The summed E-state index contributed by atoms with van der Waals surface area (Å²) >= 11 is 0. The number of rotatable bonds is 36. The van der Waals surface area contributed by atoms with Crippen LogP contribution in [0.1, 0.15) is 163 Å². The van der Waals surface area contributed by atoms with E-state index >= 15 is 0 Å². The first-order chi connectivity index (χ1) is 40.1. The predicted octanol–water partition coefficient (Wildman–Crippen LogP) is 6.92. The topological polar surface area (TPSA) is 222 Å². The molecule has 0 spiro atoms. The van der Waals surface area contributed by atoms with Gasteiger partial charge in [-0.05, 0) is 125 Å². The molecular formula is C65H101N7O12. The number of methoxy groups -OCH3 is 2. The fraction of sp³-hybridized carbons (Fsp3) is 0.738. The monoisotopic (exact) mass is 1170 g/mol. The van der Waals surface area contributed by atoms with Crippen molar-refractivity contribution in [1.29, 1.82) is 0 Å². The summed E-state index contributed by atoms with van der Waals surface area (Å²) in [5.41, 5.74) is 0.548. The normalized spacial score (nSPS) is 23.8. The lowest BCUT2D eigenvalue weighted by molar-refractivity contribution is -0.203. The summed E-state index contributed by atoms with van der Waals surface area (Å²) in [7, 11) is 6.79. The van der Waals surface area contributed by atoms with Crippen LogP contribution in [-0.2, 0) is 57.5 Å². The molecule has 2 saturated heterocycles. The molecule has 0 aromatic heterocycles. The van der Waals surface area contributed by atoms with E-state index in [0.29, 0.717) is 77.7 Å². The maximum Gasteiger partial charge on any atom is 0.253 e. The fourth-order valence-electron chi connectivity index (χ4n) is 13.6. The molecule has 0 radical (unpaired) electrons. The minimum Gasteiger partial charge on any atom is -0.381 e. The molecule has 19 nitrogen and oxygen atoms in total. The highest BCUT2D eigenvalue weighted by Crippen LogP contribution is 2.63. The Morgan fingerprint density at radius 1 is 0.833 bits per heavy atom. The number of ether oxygens (including phenoxy) is 2. The van der Waals surface area contributed by atoms with Crippen molar-refractivity contribution in [1.82, 2.24) is 35.3 Å². The highest BCUT2D eigenvalue weighted by molar-refractivity contribution is 6.12. The van der Waals surface area contributed by atoms with Crippen molar-refractivity contribution in [3.63, 3.8) is 0 Å². The molecule has 3 aliphatic heterocycles. The summed E-state index contributed by atoms with van der Waals surface area (Å²) in [6, 6.07) is 8.65. The zero-order valence-electron chi connectivity index (χ0n) is 52.4. The number of Topliss-reactive ketones (excluding diaryl/α,β-unsaturated/α-hetero) is 2. The Hall–Kier alpha value is -5.37. The van der Waals surface area contributed by atoms with Crippen molar-refractivity contribution < 1.29 is 57.5 Å². The van der Waals surface area contributed by atoms with Gasteiger partial charge in [0.1, 0.15) is 5.78 Å². The second-order valence-corrected chi connectivity index (χ2v) is 25.6. The number of carbonyl (C=O) groups is 9. The lowest BCUT2D eigenvalue weighted by atomic mass is 9.80. The van der Waals surface area contributed by atoms with Crippen LogP contribution in [0.15, 0.2) is 42.5 Å². The third-order valence-corrected chi connectivity index (χ3v) is 19.1. The highest BCUT2D eigenvalue weighted by Gasteiger charge is 2.61. The minimum atomic E-state index is -0.684. The Bertz CT molecular complexity index is 2430.